The van der Waals surface area contributed by atoms with Crippen LogP contribution in [0.2, 0.25) is 0 Å². The molecule has 0 saturated carbocycles. The van der Waals surface area contributed by atoms with Crippen molar-refractivity contribution in [1.82, 2.24) is 4.98 Å². The first-order valence-corrected chi connectivity index (χ1v) is 7.96. The third-order valence-electron chi connectivity index (χ3n) is 4.19. The number of carbonyl (C=O) groups is 2. The van der Waals surface area contributed by atoms with E-state index in [2.05, 4.69) is 10.3 Å². The van der Waals surface area contributed by atoms with E-state index in [1.807, 2.05) is 37.3 Å². The number of anilines is 1. The Morgan fingerprint density at radius 1 is 1.12 bits per heavy atom. The summed E-state index contributed by atoms with van der Waals surface area (Å²) < 4.78 is 0. The number of fused-ring (bicyclic) bond motifs is 1. The van der Waals surface area contributed by atoms with Gasteiger partial charge in [-0.3, -0.25) is 9.59 Å². The lowest BCUT2D eigenvalue weighted by Crippen LogP contribution is -2.11. The predicted octanol–water partition coefficient (Wildman–Crippen LogP) is 3.76. The lowest BCUT2D eigenvalue weighted by atomic mass is 9.94. The third kappa shape index (κ3) is 3.04. The van der Waals surface area contributed by atoms with Crippen molar-refractivity contribution in [2.75, 3.05) is 5.32 Å². The summed E-state index contributed by atoms with van der Waals surface area (Å²) in [6.45, 7) is 3.76. The minimum absolute atomic E-state index is 0.168. The van der Waals surface area contributed by atoms with Crippen LogP contribution in [0.1, 0.15) is 22.8 Å². The zero-order valence-electron chi connectivity index (χ0n) is 14.1. The van der Waals surface area contributed by atoms with E-state index in [0.29, 0.717) is 11.1 Å². The maximum Gasteiger partial charge on any atom is 0.250 e. The van der Waals surface area contributed by atoms with Crippen molar-refractivity contribution in [2.45, 2.75) is 13.8 Å². The Balaban J connectivity index is 2.13. The number of primary amides is 1. The molecule has 1 aromatic heterocycles. The maximum atomic E-state index is 11.8. The first-order valence-electron chi connectivity index (χ1n) is 7.96. The van der Waals surface area contributed by atoms with Crippen molar-refractivity contribution in [3.8, 4) is 11.1 Å². The molecule has 3 rings (SSSR count). The van der Waals surface area contributed by atoms with Crippen molar-refractivity contribution in [3.63, 3.8) is 0 Å². The van der Waals surface area contributed by atoms with E-state index in [-0.39, 0.29) is 5.91 Å². The molecule has 0 saturated heterocycles. The fraction of sp³-hybridized carbons (Fsp3) is 0.100. The number of amides is 2. The van der Waals surface area contributed by atoms with Gasteiger partial charge in [-0.05, 0) is 54.8 Å². The molecular weight excluding hydrogens is 314 g/mol. The molecule has 0 spiro atoms. The van der Waals surface area contributed by atoms with E-state index in [9.17, 15) is 9.59 Å². The Labute approximate surface area is 145 Å². The van der Waals surface area contributed by atoms with Gasteiger partial charge in [0.1, 0.15) is 0 Å². The van der Waals surface area contributed by atoms with Gasteiger partial charge in [0, 0.05) is 17.3 Å². The molecule has 0 aliphatic rings. The number of benzene rings is 2. The summed E-state index contributed by atoms with van der Waals surface area (Å²) in [7, 11) is 0. The molecule has 0 unspecified atom stereocenters. The van der Waals surface area contributed by atoms with Gasteiger partial charge in [0.15, 0.2) is 0 Å². The minimum Gasteiger partial charge on any atom is -0.366 e. The number of hydrogen-bond donors (Lipinski definition) is 3. The quantitative estimate of drug-likeness (QED) is 0.635. The van der Waals surface area contributed by atoms with E-state index in [0.717, 1.165) is 27.8 Å². The number of allylic oxidation sites excluding steroid dienone is 1. The molecule has 0 atom stereocenters. The average Bonchev–Trinajstić information content (AvgIpc) is 3.06. The molecule has 4 N–H and O–H groups in total. The number of aromatic amines is 1. The van der Waals surface area contributed by atoms with Gasteiger partial charge in [-0.2, -0.15) is 0 Å². The number of hydrogen-bond acceptors (Lipinski definition) is 2. The van der Waals surface area contributed by atoms with Crippen LogP contribution in [0.5, 0.6) is 0 Å². The van der Waals surface area contributed by atoms with Crippen molar-refractivity contribution in [3.05, 3.63) is 65.9 Å². The number of rotatable bonds is 4. The second-order valence-corrected chi connectivity index (χ2v) is 5.76. The Bertz CT molecular complexity index is 999. The van der Waals surface area contributed by atoms with E-state index in [4.69, 9.17) is 5.73 Å². The smallest absolute Gasteiger partial charge is 0.250 e. The number of nitrogens with one attached hydrogen (secondary N) is 2. The van der Waals surface area contributed by atoms with Crippen LogP contribution in [0.4, 0.5) is 5.69 Å². The van der Waals surface area contributed by atoms with Gasteiger partial charge in [-0.25, -0.2) is 0 Å². The molecule has 0 bridgehead atoms. The molecule has 3 aromatic rings. The highest BCUT2D eigenvalue weighted by Crippen LogP contribution is 2.34. The summed E-state index contributed by atoms with van der Waals surface area (Å²) in [5, 5.41) is 3.80. The van der Waals surface area contributed by atoms with Crippen LogP contribution < -0.4 is 11.1 Å². The zero-order valence-corrected chi connectivity index (χ0v) is 14.1. The van der Waals surface area contributed by atoms with Crippen molar-refractivity contribution in [2.24, 2.45) is 5.73 Å². The summed E-state index contributed by atoms with van der Waals surface area (Å²) in [4.78, 5) is 26.5. The van der Waals surface area contributed by atoms with Crippen LogP contribution in [-0.4, -0.2) is 16.8 Å². The fourth-order valence-electron chi connectivity index (χ4n) is 2.99. The van der Waals surface area contributed by atoms with Gasteiger partial charge in [-0.15, -0.1) is 0 Å². The monoisotopic (exact) mass is 333 g/mol. The number of nitrogens with two attached hydrogens (primary N) is 1. The predicted molar refractivity (Wildman–Crippen MR) is 100 cm³/mol. The second kappa shape index (κ2) is 6.65. The normalized spacial score (nSPS) is 11.1. The Morgan fingerprint density at radius 2 is 1.92 bits per heavy atom. The topological polar surface area (TPSA) is 88.0 Å². The molecule has 5 nitrogen and oxygen atoms in total. The number of carbonyl (C=O) groups excluding carboxylic acids is 2. The van der Waals surface area contributed by atoms with Crippen LogP contribution in [0, 0.1) is 6.92 Å². The van der Waals surface area contributed by atoms with Crippen LogP contribution in [0.3, 0.4) is 0 Å². The summed E-state index contributed by atoms with van der Waals surface area (Å²) in [6.07, 6.45) is 4.96. The highest BCUT2D eigenvalue weighted by atomic mass is 16.1. The molecule has 25 heavy (non-hydrogen) atoms. The Kier molecular flexibility index (Phi) is 4.39. The van der Waals surface area contributed by atoms with Crippen molar-refractivity contribution < 1.29 is 9.59 Å². The van der Waals surface area contributed by atoms with Gasteiger partial charge < -0.3 is 16.0 Å². The van der Waals surface area contributed by atoms with E-state index in [1.54, 1.807) is 25.3 Å². The van der Waals surface area contributed by atoms with Gasteiger partial charge in [0.05, 0.1) is 11.1 Å². The van der Waals surface area contributed by atoms with Gasteiger partial charge >= 0.3 is 0 Å². The van der Waals surface area contributed by atoms with E-state index in [1.165, 1.54) is 6.08 Å². The van der Waals surface area contributed by atoms with Crippen LogP contribution >= 0.6 is 0 Å². The van der Waals surface area contributed by atoms with Gasteiger partial charge in [0.25, 0.3) is 5.91 Å². The molecule has 0 fully saturated rings. The standard InChI is InChI=1S/C20H19N3O2/c1-3-5-18(24)23-17-7-4-6-13(12(17)2)14-8-9-16(20(21)25)19-15(14)10-11-22-19/h3-11,22H,1-2H3,(H2,21,25)(H,23,24). The van der Waals surface area contributed by atoms with Crippen molar-refractivity contribution in [1.29, 1.82) is 0 Å². The zero-order chi connectivity index (χ0) is 18.0. The molecule has 2 aromatic carbocycles. The molecular formula is C20H19N3O2. The molecule has 0 aliphatic carbocycles. The lowest BCUT2D eigenvalue weighted by molar-refractivity contribution is -0.111. The van der Waals surface area contributed by atoms with E-state index < -0.39 is 5.91 Å². The van der Waals surface area contributed by atoms with Crippen LogP contribution in [0.15, 0.2) is 54.7 Å². The SMILES string of the molecule is CC=CC(=O)Nc1cccc(-c2ccc(C(N)=O)c3[nH]ccc23)c1C. The fourth-order valence-corrected chi connectivity index (χ4v) is 2.99. The third-order valence-corrected chi connectivity index (χ3v) is 4.19. The number of H-pyrrole nitrogens is 1. The highest BCUT2D eigenvalue weighted by molar-refractivity contribution is 6.09. The average molecular weight is 333 g/mol. The maximum absolute atomic E-state index is 11.8. The Morgan fingerprint density at radius 3 is 2.64 bits per heavy atom. The molecule has 5 heteroatoms. The lowest BCUT2D eigenvalue weighted by Gasteiger charge is -2.13. The summed E-state index contributed by atoms with van der Waals surface area (Å²) in [5.41, 5.74) is 10.3. The molecule has 2 amide bonds. The molecule has 126 valence electrons. The van der Waals surface area contributed by atoms with Crippen LogP contribution in [0.25, 0.3) is 22.0 Å². The second-order valence-electron chi connectivity index (χ2n) is 5.76. The van der Waals surface area contributed by atoms with Crippen molar-refractivity contribution >= 4 is 28.4 Å². The summed E-state index contributed by atoms with van der Waals surface area (Å²) in [6, 6.07) is 11.3. The van der Waals surface area contributed by atoms with Gasteiger partial charge in [-0.1, -0.05) is 24.3 Å². The summed E-state index contributed by atoms with van der Waals surface area (Å²) in [5.74, 6) is -0.637. The molecule has 0 radical (unpaired) electrons. The molecule has 0 aliphatic heterocycles. The van der Waals surface area contributed by atoms with E-state index >= 15 is 0 Å². The first-order chi connectivity index (χ1) is 12.0. The summed E-state index contributed by atoms with van der Waals surface area (Å²) >= 11 is 0. The number of aromatic nitrogens is 1. The molecule has 1 heterocycles. The largest absolute Gasteiger partial charge is 0.366 e. The minimum atomic E-state index is -0.469. The Hall–Kier alpha value is -3.34. The van der Waals surface area contributed by atoms with Gasteiger partial charge in [0.2, 0.25) is 5.91 Å². The highest BCUT2D eigenvalue weighted by Gasteiger charge is 2.14. The first kappa shape index (κ1) is 16.5. The van der Waals surface area contributed by atoms with Crippen LogP contribution in [-0.2, 0) is 4.79 Å².